The molecule has 0 bridgehead atoms. The molecule has 0 aromatic carbocycles. The summed E-state index contributed by atoms with van der Waals surface area (Å²) in [5, 5.41) is 0. The third-order valence-electron chi connectivity index (χ3n) is 3.10. The van der Waals surface area contributed by atoms with Crippen LogP contribution in [0.15, 0.2) is 18.3 Å². The molecule has 2 rings (SSSR count). The number of rotatable bonds is 3. The summed E-state index contributed by atoms with van der Waals surface area (Å²) in [4.78, 5) is 6.69. The first-order valence-corrected chi connectivity index (χ1v) is 5.70. The number of aromatic nitrogens is 1. The Morgan fingerprint density at radius 1 is 1.56 bits per heavy atom. The predicted octanol–water partition coefficient (Wildman–Crippen LogP) is 1.33. The van der Waals surface area contributed by atoms with Crippen LogP contribution >= 0.6 is 0 Å². The van der Waals surface area contributed by atoms with E-state index in [9.17, 15) is 0 Å². The monoisotopic (exact) mass is 221 g/mol. The second kappa shape index (κ2) is 4.80. The average molecular weight is 221 g/mol. The van der Waals surface area contributed by atoms with Crippen LogP contribution in [0, 0.1) is 0 Å². The highest BCUT2D eigenvalue weighted by Crippen LogP contribution is 2.20. The van der Waals surface area contributed by atoms with Crippen LogP contribution in [0.5, 0.6) is 0 Å². The van der Waals surface area contributed by atoms with E-state index >= 15 is 0 Å². The van der Waals surface area contributed by atoms with Gasteiger partial charge in [0.05, 0.1) is 6.10 Å². The Morgan fingerprint density at radius 2 is 2.38 bits per heavy atom. The maximum Gasteiger partial charge on any atom is 0.128 e. The zero-order valence-electron chi connectivity index (χ0n) is 9.89. The van der Waals surface area contributed by atoms with E-state index in [4.69, 9.17) is 10.5 Å². The number of hydrogen-bond acceptors (Lipinski definition) is 4. The Labute approximate surface area is 96.4 Å². The van der Waals surface area contributed by atoms with Crippen molar-refractivity contribution in [2.24, 2.45) is 5.73 Å². The second-order valence-corrected chi connectivity index (χ2v) is 4.33. The van der Waals surface area contributed by atoms with Crippen molar-refractivity contribution in [3.8, 4) is 0 Å². The van der Waals surface area contributed by atoms with Crippen molar-refractivity contribution in [2.75, 3.05) is 25.1 Å². The molecule has 0 amide bonds. The van der Waals surface area contributed by atoms with Crippen LogP contribution in [0.25, 0.3) is 0 Å². The predicted molar refractivity (Wildman–Crippen MR) is 64.5 cm³/mol. The van der Waals surface area contributed by atoms with E-state index in [1.165, 1.54) is 0 Å². The van der Waals surface area contributed by atoms with Gasteiger partial charge in [-0.25, -0.2) is 4.98 Å². The molecule has 2 atom stereocenters. The highest BCUT2D eigenvalue weighted by Gasteiger charge is 2.22. The summed E-state index contributed by atoms with van der Waals surface area (Å²) < 4.78 is 5.34. The number of nitrogens with two attached hydrogens (primary N) is 1. The molecule has 2 N–H and O–H groups in total. The number of anilines is 1. The van der Waals surface area contributed by atoms with Gasteiger partial charge in [0.2, 0.25) is 0 Å². The molecule has 4 heteroatoms. The Balaban J connectivity index is 2.05. The number of nitrogens with zero attached hydrogens (tertiary/aromatic N) is 2. The lowest BCUT2D eigenvalue weighted by atomic mass is 10.1. The van der Waals surface area contributed by atoms with Gasteiger partial charge in [0.1, 0.15) is 5.82 Å². The van der Waals surface area contributed by atoms with E-state index in [2.05, 4.69) is 9.88 Å². The lowest BCUT2D eigenvalue weighted by Crippen LogP contribution is -2.23. The van der Waals surface area contributed by atoms with Gasteiger partial charge in [-0.05, 0) is 25.0 Å². The minimum atomic E-state index is 0.0480. The Bertz CT molecular complexity index is 337. The fourth-order valence-corrected chi connectivity index (χ4v) is 1.98. The highest BCUT2D eigenvalue weighted by molar-refractivity contribution is 5.41. The van der Waals surface area contributed by atoms with E-state index in [1.54, 1.807) is 7.11 Å². The fraction of sp³-hybridized carbons (Fsp3) is 0.583. The number of pyridine rings is 1. The molecule has 1 aliphatic rings. The molecule has 0 radical (unpaired) electrons. The summed E-state index contributed by atoms with van der Waals surface area (Å²) in [5.41, 5.74) is 6.86. The van der Waals surface area contributed by atoms with Gasteiger partial charge in [-0.3, -0.25) is 0 Å². The lowest BCUT2D eigenvalue weighted by molar-refractivity contribution is 0.121. The van der Waals surface area contributed by atoms with E-state index < -0.39 is 0 Å². The summed E-state index contributed by atoms with van der Waals surface area (Å²) in [6.45, 7) is 3.91. The molecular formula is C12H19N3O. The molecule has 4 nitrogen and oxygen atoms in total. The topological polar surface area (TPSA) is 51.4 Å². The Kier molecular flexibility index (Phi) is 3.41. The third kappa shape index (κ3) is 2.33. The fourth-order valence-electron chi connectivity index (χ4n) is 1.98. The molecule has 1 saturated heterocycles. The van der Waals surface area contributed by atoms with Gasteiger partial charge in [-0.2, -0.15) is 0 Å². The largest absolute Gasteiger partial charge is 0.380 e. The van der Waals surface area contributed by atoms with Crippen molar-refractivity contribution in [1.82, 2.24) is 4.98 Å². The second-order valence-electron chi connectivity index (χ2n) is 4.33. The first-order valence-electron chi connectivity index (χ1n) is 5.70. The van der Waals surface area contributed by atoms with Gasteiger partial charge in [0, 0.05) is 32.4 Å². The van der Waals surface area contributed by atoms with E-state index in [-0.39, 0.29) is 6.04 Å². The Hall–Kier alpha value is -1.13. The Morgan fingerprint density at radius 3 is 2.88 bits per heavy atom. The van der Waals surface area contributed by atoms with Crippen molar-refractivity contribution < 1.29 is 4.74 Å². The minimum absolute atomic E-state index is 0.0480. The van der Waals surface area contributed by atoms with Crippen LogP contribution in [0.2, 0.25) is 0 Å². The summed E-state index contributed by atoms with van der Waals surface area (Å²) in [7, 11) is 1.76. The van der Waals surface area contributed by atoms with Gasteiger partial charge < -0.3 is 15.4 Å². The molecule has 1 aliphatic heterocycles. The van der Waals surface area contributed by atoms with Gasteiger partial charge in [0.15, 0.2) is 0 Å². The molecule has 2 heterocycles. The normalized spacial score (nSPS) is 22.4. The van der Waals surface area contributed by atoms with E-state index in [0.717, 1.165) is 30.9 Å². The number of hydrogen-bond donors (Lipinski definition) is 1. The van der Waals surface area contributed by atoms with E-state index in [0.29, 0.717) is 6.10 Å². The average Bonchev–Trinajstić information content (AvgIpc) is 2.77. The molecule has 1 aromatic rings. The maximum absolute atomic E-state index is 5.79. The van der Waals surface area contributed by atoms with Crippen LogP contribution in [-0.4, -0.2) is 31.3 Å². The summed E-state index contributed by atoms with van der Waals surface area (Å²) in [6.07, 6.45) is 3.28. The molecule has 1 aromatic heterocycles. The summed E-state index contributed by atoms with van der Waals surface area (Å²) in [5.74, 6) is 1.02. The first-order chi connectivity index (χ1) is 7.70. The summed E-state index contributed by atoms with van der Waals surface area (Å²) >= 11 is 0. The minimum Gasteiger partial charge on any atom is -0.380 e. The van der Waals surface area contributed by atoms with Crippen molar-refractivity contribution in [1.29, 1.82) is 0 Å². The van der Waals surface area contributed by atoms with Gasteiger partial charge >= 0.3 is 0 Å². The van der Waals surface area contributed by atoms with Crippen molar-refractivity contribution in [3.05, 3.63) is 23.9 Å². The quantitative estimate of drug-likeness (QED) is 0.836. The third-order valence-corrected chi connectivity index (χ3v) is 3.10. The van der Waals surface area contributed by atoms with Gasteiger partial charge in [0.25, 0.3) is 0 Å². The van der Waals surface area contributed by atoms with Crippen LogP contribution in [-0.2, 0) is 4.74 Å². The molecular weight excluding hydrogens is 202 g/mol. The molecule has 1 unspecified atom stereocenters. The van der Waals surface area contributed by atoms with Crippen LogP contribution in [0.1, 0.15) is 24.9 Å². The molecule has 0 aliphatic carbocycles. The van der Waals surface area contributed by atoms with Crippen LogP contribution in [0.3, 0.4) is 0 Å². The lowest BCUT2D eigenvalue weighted by Gasteiger charge is -2.17. The maximum atomic E-state index is 5.79. The van der Waals surface area contributed by atoms with Crippen LogP contribution < -0.4 is 10.6 Å². The smallest absolute Gasteiger partial charge is 0.128 e. The molecule has 1 fully saturated rings. The molecule has 88 valence electrons. The van der Waals surface area contributed by atoms with Crippen molar-refractivity contribution >= 4 is 5.82 Å². The van der Waals surface area contributed by atoms with Crippen molar-refractivity contribution in [3.63, 3.8) is 0 Å². The zero-order chi connectivity index (χ0) is 11.5. The standard InChI is InChI=1S/C12H19N3O/c1-9(13)10-3-4-12(14-7-10)15-6-5-11(8-15)16-2/h3-4,7,9,11H,5-6,8,13H2,1-2H3/t9-,11?/m0/s1. The number of methoxy groups -OCH3 is 1. The van der Waals surface area contributed by atoms with Gasteiger partial charge in [-0.15, -0.1) is 0 Å². The highest BCUT2D eigenvalue weighted by atomic mass is 16.5. The van der Waals surface area contributed by atoms with E-state index in [1.807, 2.05) is 25.3 Å². The molecule has 0 spiro atoms. The van der Waals surface area contributed by atoms with Crippen LogP contribution in [0.4, 0.5) is 5.82 Å². The van der Waals surface area contributed by atoms with Gasteiger partial charge in [-0.1, -0.05) is 6.07 Å². The SMILES string of the molecule is COC1CCN(c2ccc([C@H](C)N)cn2)C1. The summed E-state index contributed by atoms with van der Waals surface area (Å²) in [6, 6.07) is 4.14. The molecule has 0 saturated carbocycles. The first kappa shape index (κ1) is 11.4. The number of ether oxygens (including phenoxy) is 1. The zero-order valence-corrected chi connectivity index (χ0v) is 9.89. The molecule has 16 heavy (non-hydrogen) atoms. The van der Waals surface area contributed by atoms with Crippen molar-refractivity contribution in [2.45, 2.75) is 25.5 Å².